The Morgan fingerprint density at radius 3 is 2.81 bits per heavy atom. The van der Waals surface area contributed by atoms with Crippen LogP contribution in [0.2, 0.25) is 0 Å². The van der Waals surface area contributed by atoms with E-state index in [0.29, 0.717) is 12.2 Å². The van der Waals surface area contributed by atoms with Gasteiger partial charge in [-0.05, 0) is 12.8 Å². The number of rotatable bonds is 3. The van der Waals surface area contributed by atoms with Crippen molar-refractivity contribution in [1.29, 1.82) is 0 Å². The van der Waals surface area contributed by atoms with Crippen LogP contribution in [0.4, 0.5) is 5.69 Å². The van der Waals surface area contributed by atoms with Gasteiger partial charge in [0.05, 0.1) is 11.6 Å². The van der Waals surface area contributed by atoms with Gasteiger partial charge in [-0.2, -0.15) is 0 Å². The van der Waals surface area contributed by atoms with Gasteiger partial charge in [0.2, 0.25) is 5.91 Å². The molecule has 0 aliphatic heterocycles. The first-order valence-corrected chi connectivity index (χ1v) is 5.68. The van der Waals surface area contributed by atoms with E-state index < -0.39 is 5.41 Å². The van der Waals surface area contributed by atoms with Crippen LogP contribution in [0.3, 0.4) is 0 Å². The normalized spacial score (nSPS) is 19.3. The molecule has 1 saturated carbocycles. The lowest BCUT2D eigenvalue weighted by molar-refractivity contribution is -0.126. The minimum absolute atomic E-state index is 0.00194. The SMILES string of the molecule is NCC1(C(=O)Nc2cnoc2)CCCCC1. The summed E-state index contributed by atoms with van der Waals surface area (Å²) in [7, 11) is 0. The van der Waals surface area contributed by atoms with Crippen LogP contribution < -0.4 is 11.1 Å². The van der Waals surface area contributed by atoms with E-state index in [2.05, 4.69) is 15.0 Å². The Hall–Kier alpha value is -1.36. The monoisotopic (exact) mass is 223 g/mol. The first kappa shape index (κ1) is 11.1. The van der Waals surface area contributed by atoms with Crippen LogP contribution in [0.25, 0.3) is 0 Å². The van der Waals surface area contributed by atoms with E-state index >= 15 is 0 Å². The number of amides is 1. The topological polar surface area (TPSA) is 81.2 Å². The third kappa shape index (κ3) is 2.09. The van der Waals surface area contributed by atoms with E-state index in [1.165, 1.54) is 18.9 Å². The van der Waals surface area contributed by atoms with E-state index in [1.54, 1.807) is 0 Å². The summed E-state index contributed by atoms with van der Waals surface area (Å²) in [5, 5.41) is 6.36. The molecule has 88 valence electrons. The van der Waals surface area contributed by atoms with Crippen molar-refractivity contribution in [3.05, 3.63) is 12.5 Å². The van der Waals surface area contributed by atoms with E-state index in [1.807, 2.05) is 0 Å². The third-order valence-corrected chi connectivity index (χ3v) is 3.37. The second-order valence-corrected chi connectivity index (χ2v) is 4.41. The Balaban J connectivity index is 2.06. The molecule has 0 unspecified atom stereocenters. The van der Waals surface area contributed by atoms with Crippen LogP contribution in [0.1, 0.15) is 32.1 Å². The van der Waals surface area contributed by atoms with Crippen molar-refractivity contribution in [1.82, 2.24) is 5.16 Å². The van der Waals surface area contributed by atoms with Gasteiger partial charge in [-0.1, -0.05) is 24.4 Å². The Labute approximate surface area is 94.4 Å². The maximum Gasteiger partial charge on any atom is 0.231 e. The quantitative estimate of drug-likeness (QED) is 0.814. The first-order valence-electron chi connectivity index (χ1n) is 5.68. The predicted molar refractivity (Wildman–Crippen MR) is 59.7 cm³/mol. The van der Waals surface area contributed by atoms with Crippen molar-refractivity contribution in [2.24, 2.45) is 11.1 Å². The van der Waals surface area contributed by atoms with Crippen LogP contribution >= 0.6 is 0 Å². The molecule has 0 aromatic carbocycles. The molecule has 1 heterocycles. The maximum absolute atomic E-state index is 12.2. The second-order valence-electron chi connectivity index (χ2n) is 4.41. The molecule has 1 aromatic heterocycles. The van der Waals surface area contributed by atoms with E-state index in [0.717, 1.165) is 25.7 Å². The number of hydrogen-bond donors (Lipinski definition) is 2. The molecule has 0 atom stereocenters. The number of nitrogens with zero attached hydrogens (tertiary/aromatic N) is 1. The fourth-order valence-corrected chi connectivity index (χ4v) is 2.28. The van der Waals surface area contributed by atoms with Gasteiger partial charge in [0.15, 0.2) is 0 Å². The highest BCUT2D eigenvalue weighted by atomic mass is 16.5. The number of hydrogen-bond acceptors (Lipinski definition) is 4. The minimum Gasteiger partial charge on any atom is -0.363 e. The lowest BCUT2D eigenvalue weighted by atomic mass is 9.73. The molecular weight excluding hydrogens is 206 g/mol. The largest absolute Gasteiger partial charge is 0.363 e. The average Bonchev–Trinajstić information content (AvgIpc) is 2.82. The summed E-state index contributed by atoms with van der Waals surface area (Å²) >= 11 is 0. The predicted octanol–water partition coefficient (Wildman–Crippen LogP) is 1.52. The highest BCUT2D eigenvalue weighted by Crippen LogP contribution is 2.36. The zero-order valence-corrected chi connectivity index (χ0v) is 9.24. The fourth-order valence-electron chi connectivity index (χ4n) is 2.28. The Bertz CT molecular complexity index is 342. The first-order chi connectivity index (χ1) is 7.77. The van der Waals surface area contributed by atoms with Gasteiger partial charge in [0, 0.05) is 6.54 Å². The highest BCUT2D eigenvalue weighted by Gasteiger charge is 2.38. The zero-order valence-electron chi connectivity index (χ0n) is 9.24. The van der Waals surface area contributed by atoms with Crippen molar-refractivity contribution in [2.75, 3.05) is 11.9 Å². The summed E-state index contributed by atoms with van der Waals surface area (Å²) in [4.78, 5) is 12.2. The van der Waals surface area contributed by atoms with E-state index in [9.17, 15) is 4.79 Å². The van der Waals surface area contributed by atoms with Crippen LogP contribution in [0.5, 0.6) is 0 Å². The summed E-state index contributed by atoms with van der Waals surface area (Å²) in [6, 6.07) is 0. The van der Waals surface area contributed by atoms with E-state index in [4.69, 9.17) is 5.73 Å². The molecule has 3 N–H and O–H groups in total. The highest BCUT2D eigenvalue weighted by molar-refractivity contribution is 5.95. The minimum atomic E-state index is -0.393. The molecule has 1 aliphatic rings. The standard InChI is InChI=1S/C11H17N3O2/c12-8-11(4-2-1-3-5-11)10(15)14-9-6-13-16-7-9/h6-7H,1-5,8,12H2,(H,14,15). The number of carbonyl (C=O) groups is 1. The summed E-state index contributed by atoms with van der Waals surface area (Å²) in [6.07, 6.45) is 8.02. The number of carbonyl (C=O) groups excluding carboxylic acids is 1. The van der Waals surface area contributed by atoms with Crippen molar-refractivity contribution in [3.63, 3.8) is 0 Å². The maximum atomic E-state index is 12.2. The van der Waals surface area contributed by atoms with Crippen LogP contribution in [0.15, 0.2) is 17.0 Å². The Morgan fingerprint density at radius 1 is 1.50 bits per heavy atom. The van der Waals surface area contributed by atoms with Crippen molar-refractivity contribution in [2.45, 2.75) is 32.1 Å². The molecule has 16 heavy (non-hydrogen) atoms. The summed E-state index contributed by atoms with van der Waals surface area (Å²) in [5.41, 5.74) is 5.98. The number of nitrogens with one attached hydrogen (secondary N) is 1. The number of anilines is 1. The lowest BCUT2D eigenvalue weighted by Gasteiger charge is -2.34. The molecule has 1 aromatic rings. The molecule has 1 fully saturated rings. The molecule has 0 spiro atoms. The molecule has 0 radical (unpaired) electrons. The second kappa shape index (κ2) is 4.65. The smallest absolute Gasteiger partial charge is 0.231 e. The number of aromatic nitrogens is 1. The molecular formula is C11H17N3O2. The zero-order chi connectivity index (χ0) is 11.4. The van der Waals surface area contributed by atoms with Crippen molar-refractivity contribution >= 4 is 11.6 Å². The molecule has 1 aliphatic carbocycles. The molecule has 2 rings (SSSR count). The fraction of sp³-hybridized carbons (Fsp3) is 0.636. The van der Waals surface area contributed by atoms with Crippen LogP contribution in [-0.4, -0.2) is 17.6 Å². The average molecular weight is 223 g/mol. The molecule has 0 saturated heterocycles. The van der Waals surface area contributed by atoms with Crippen LogP contribution in [-0.2, 0) is 4.79 Å². The lowest BCUT2D eigenvalue weighted by Crippen LogP contribution is -2.43. The van der Waals surface area contributed by atoms with Gasteiger partial charge in [-0.15, -0.1) is 0 Å². The molecule has 1 amide bonds. The Kier molecular flexibility index (Phi) is 3.24. The van der Waals surface area contributed by atoms with Crippen molar-refractivity contribution < 1.29 is 9.32 Å². The summed E-state index contributed by atoms with van der Waals surface area (Å²) < 4.78 is 4.67. The number of nitrogens with two attached hydrogens (primary N) is 1. The summed E-state index contributed by atoms with van der Waals surface area (Å²) in [5.74, 6) is -0.00194. The van der Waals surface area contributed by atoms with Gasteiger partial charge in [0.25, 0.3) is 0 Å². The van der Waals surface area contributed by atoms with Gasteiger partial charge in [0.1, 0.15) is 12.0 Å². The van der Waals surface area contributed by atoms with Gasteiger partial charge in [-0.25, -0.2) is 0 Å². The molecule has 0 bridgehead atoms. The van der Waals surface area contributed by atoms with Crippen LogP contribution in [0, 0.1) is 5.41 Å². The molecule has 5 nitrogen and oxygen atoms in total. The third-order valence-electron chi connectivity index (χ3n) is 3.37. The van der Waals surface area contributed by atoms with E-state index in [-0.39, 0.29) is 5.91 Å². The van der Waals surface area contributed by atoms with Crippen molar-refractivity contribution in [3.8, 4) is 0 Å². The van der Waals surface area contributed by atoms with Gasteiger partial charge >= 0.3 is 0 Å². The molecule has 5 heteroatoms. The summed E-state index contributed by atoms with van der Waals surface area (Å²) in [6.45, 7) is 0.407. The Morgan fingerprint density at radius 2 is 2.25 bits per heavy atom. The van der Waals surface area contributed by atoms with Gasteiger partial charge < -0.3 is 15.6 Å². The van der Waals surface area contributed by atoms with Gasteiger partial charge in [-0.3, -0.25) is 4.79 Å².